The predicted molar refractivity (Wildman–Crippen MR) is 359 cm³/mol. The summed E-state index contributed by atoms with van der Waals surface area (Å²) in [4.78, 5) is 185. The molecule has 1 saturated carbocycles. The maximum Gasteiger partial charge on any atom is 0.417 e. The minimum atomic E-state index is -4.79. The number of hydrogen-bond acceptors (Lipinski definition) is 12. The molecule has 3 aliphatic rings. The number of likely N-dealkylation sites (N-methyl/N-ethyl adjacent to an activating group) is 8. The van der Waals surface area contributed by atoms with Crippen LogP contribution in [-0.2, 0) is 76.6 Å². The average molecular weight is 1400 g/mol. The van der Waals surface area contributed by atoms with E-state index in [1.54, 1.807) is 52.0 Å². The molecule has 0 unspecified atom stereocenters. The molecule has 2 aliphatic heterocycles. The van der Waals surface area contributed by atoms with Crippen molar-refractivity contribution >= 4 is 94.1 Å². The van der Waals surface area contributed by atoms with E-state index in [1.165, 1.54) is 86.1 Å². The van der Waals surface area contributed by atoms with E-state index in [1.807, 2.05) is 0 Å². The van der Waals surface area contributed by atoms with Crippen LogP contribution < -0.4 is 16.0 Å². The van der Waals surface area contributed by atoms with Crippen LogP contribution in [0.2, 0.25) is 10.0 Å². The fraction of sp³-hybridized carbons (Fsp3) is 0.647. The fourth-order valence-electron chi connectivity index (χ4n) is 12.6. The van der Waals surface area contributed by atoms with Gasteiger partial charge in [-0.25, -0.2) is 0 Å². The van der Waals surface area contributed by atoms with Crippen LogP contribution in [-0.4, -0.2) is 252 Å². The summed E-state index contributed by atoms with van der Waals surface area (Å²) in [5.41, 5.74) is -0.481. The van der Waals surface area contributed by atoms with Crippen LogP contribution in [0.25, 0.3) is 0 Å². The van der Waals surface area contributed by atoms with Gasteiger partial charge in [-0.05, 0) is 93.0 Å². The molecule has 0 aromatic heterocycles. The molecule has 97 heavy (non-hydrogen) atoms. The Balaban J connectivity index is 1.61. The summed E-state index contributed by atoms with van der Waals surface area (Å²) in [6.45, 7) is 8.54. The summed E-state index contributed by atoms with van der Waals surface area (Å²) in [5.74, 6) is -10.0. The number of alkyl halides is 3. The quantitative estimate of drug-likeness (QED) is 0.272. The molecule has 29 heteroatoms. The van der Waals surface area contributed by atoms with Crippen molar-refractivity contribution in [2.75, 3.05) is 89.1 Å². The van der Waals surface area contributed by atoms with E-state index in [4.69, 9.17) is 23.2 Å². The standard InChI is InChI=1S/C68H99Cl2F3N12O12/c1-15-41(4)58-66(96)79(9)38-56(88)77(7)39-57(89)81(11)52(34-44-23-17-16-18-24-44)64(94)78(8)37-54(86)75-50(30-28-45-27-29-47(49(70)33-45)68(71,72)73)63(93)82(12)51(35-46-25-19-20-26-48(46)69)61(91)74-42(5)62(92)84(14)59(40(2)3)67(97)83(13)53(65(95)85-31-21-22-32-85)36-55(87)80(10)43(6)60(90)76-58/h19-20,25-27,29,33,40-44,50-53,58-59H,15-18,21-24,28,30-32,34-39H2,1-14H3,(H,74,91)(H,75,86)(H,76,90)/t41-,42+,43-,50-,51-,52-,53-,58-,59-/m0/s1. The second kappa shape index (κ2) is 35.8. The lowest BCUT2D eigenvalue weighted by molar-refractivity contribution is -0.154. The molecule has 538 valence electrons. The number of nitrogens with zero attached hydrogens (tertiary/aromatic N) is 9. The lowest BCUT2D eigenvalue weighted by Crippen LogP contribution is -2.61. The summed E-state index contributed by atoms with van der Waals surface area (Å²) in [7, 11) is 10.7. The minimum Gasteiger partial charge on any atom is -0.343 e. The third-order valence-electron chi connectivity index (χ3n) is 19.3. The van der Waals surface area contributed by atoms with Crippen molar-refractivity contribution in [2.24, 2.45) is 17.8 Å². The van der Waals surface area contributed by atoms with Gasteiger partial charge in [0.15, 0.2) is 0 Å². The second-order valence-corrected chi connectivity index (χ2v) is 27.6. The highest BCUT2D eigenvalue weighted by molar-refractivity contribution is 6.31. The van der Waals surface area contributed by atoms with Crippen molar-refractivity contribution in [3.63, 3.8) is 0 Å². The Kier molecular flexibility index (Phi) is 29.6. The zero-order valence-electron chi connectivity index (χ0n) is 58.4. The number of halogens is 5. The minimum absolute atomic E-state index is 0.00661. The number of carbonyl (C=O) groups is 12. The summed E-state index contributed by atoms with van der Waals surface area (Å²) in [5, 5.41) is 7.74. The van der Waals surface area contributed by atoms with Crippen LogP contribution in [0.5, 0.6) is 0 Å². The lowest BCUT2D eigenvalue weighted by atomic mass is 9.84. The SMILES string of the molecule is CC[C@H](C)[C@@H]1NC(=O)[C@H](C)N(C)C(=O)C[C@@H](C(=O)N2CCCC2)N(C)C(=O)[C@H](C(C)C)N(C)C(=O)[C@@H](C)NC(=O)[C@H](Cc2ccccc2Cl)N(C)C(=O)[C@H](CCc2ccc(C(F)(F)F)c(Cl)c2)NC(=O)CN(C)C(=O)[C@H](CC2CCCCC2)N(C)C(=O)CN(C)C(=O)CN(C)C1=O. The number of benzene rings is 2. The van der Waals surface area contributed by atoms with Gasteiger partial charge in [0.05, 0.1) is 36.6 Å². The van der Waals surface area contributed by atoms with Gasteiger partial charge in [0, 0.05) is 80.9 Å². The van der Waals surface area contributed by atoms with Gasteiger partial charge in [0.2, 0.25) is 70.9 Å². The number of hydrogen-bond donors (Lipinski definition) is 3. The van der Waals surface area contributed by atoms with Crippen molar-refractivity contribution in [1.29, 1.82) is 0 Å². The Morgan fingerprint density at radius 2 is 1.22 bits per heavy atom. The number of rotatable bonds is 11. The van der Waals surface area contributed by atoms with Gasteiger partial charge in [0.1, 0.15) is 48.3 Å². The molecule has 2 aromatic rings. The van der Waals surface area contributed by atoms with E-state index in [2.05, 4.69) is 16.0 Å². The molecule has 3 fully saturated rings. The van der Waals surface area contributed by atoms with Crippen LogP contribution >= 0.6 is 23.2 Å². The van der Waals surface area contributed by atoms with E-state index in [0.29, 0.717) is 37.9 Å². The van der Waals surface area contributed by atoms with Gasteiger partial charge in [-0.15, -0.1) is 0 Å². The summed E-state index contributed by atoms with van der Waals surface area (Å²) >= 11 is 12.8. The van der Waals surface area contributed by atoms with Crippen LogP contribution in [0.4, 0.5) is 13.2 Å². The molecule has 0 spiro atoms. The molecule has 2 heterocycles. The highest BCUT2D eigenvalue weighted by Crippen LogP contribution is 2.36. The van der Waals surface area contributed by atoms with Gasteiger partial charge < -0.3 is 60.0 Å². The van der Waals surface area contributed by atoms with Gasteiger partial charge >= 0.3 is 6.18 Å². The van der Waals surface area contributed by atoms with Crippen molar-refractivity contribution in [3.05, 3.63) is 69.2 Å². The molecule has 3 N–H and O–H groups in total. The predicted octanol–water partition coefficient (Wildman–Crippen LogP) is 4.89. The average Bonchev–Trinajstić information content (AvgIpc) is 1.47. The normalized spacial score (nSPS) is 25.1. The van der Waals surface area contributed by atoms with Gasteiger partial charge in [0.25, 0.3) is 0 Å². The van der Waals surface area contributed by atoms with Crippen molar-refractivity contribution in [1.82, 2.24) is 60.0 Å². The van der Waals surface area contributed by atoms with Gasteiger partial charge in [-0.3, -0.25) is 57.5 Å². The van der Waals surface area contributed by atoms with Crippen LogP contribution in [0, 0.1) is 17.8 Å². The number of likely N-dealkylation sites (tertiary alicyclic amines) is 1. The fourth-order valence-corrected chi connectivity index (χ4v) is 13.1. The first-order valence-corrected chi connectivity index (χ1v) is 34.0. The van der Waals surface area contributed by atoms with Crippen LogP contribution in [0.3, 0.4) is 0 Å². The summed E-state index contributed by atoms with van der Waals surface area (Å²) < 4.78 is 41.6. The zero-order valence-corrected chi connectivity index (χ0v) is 59.9. The van der Waals surface area contributed by atoms with E-state index >= 15 is 9.59 Å². The Bertz CT molecular complexity index is 3190. The first kappa shape index (κ1) is 80.1. The zero-order chi connectivity index (χ0) is 72.7. The molecule has 0 radical (unpaired) electrons. The highest BCUT2D eigenvalue weighted by atomic mass is 35.5. The second-order valence-electron chi connectivity index (χ2n) is 26.8. The highest BCUT2D eigenvalue weighted by Gasteiger charge is 2.44. The van der Waals surface area contributed by atoms with Crippen molar-refractivity contribution < 1.29 is 70.7 Å². The maximum atomic E-state index is 15.2. The Labute approximate surface area is 577 Å². The summed E-state index contributed by atoms with van der Waals surface area (Å²) in [6, 6.07) is -1.39. The largest absolute Gasteiger partial charge is 0.417 e. The number of carbonyl (C=O) groups excluding carboxylic acids is 12. The molecule has 24 nitrogen and oxygen atoms in total. The molecule has 0 bridgehead atoms. The molecule has 2 saturated heterocycles. The summed E-state index contributed by atoms with van der Waals surface area (Å²) in [6.07, 6.45) is 0.0193. The maximum absolute atomic E-state index is 15.2. The van der Waals surface area contributed by atoms with Gasteiger partial charge in [-0.1, -0.05) is 114 Å². The van der Waals surface area contributed by atoms with Gasteiger partial charge in [-0.2, -0.15) is 13.2 Å². The van der Waals surface area contributed by atoms with Crippen molar-refractivity contribution in [2.45, 2.75) is 180 Å². The van der Waals surface area contributed by atoms with E-state index in [0.717, 1.165) is 78.5 Å². The molecule has 12 amide bonds. The lowest BCUT2D eigenvalue weighted by Gasteiger charge is -2.38. The Morgan fingerprint density at radius 3 is 1.80 bits per heavy atom. The molecule has 5 rings (SSSR count). The topological polar surface area (TPSA) is 270 Å². The third-order valence-corrected chi connectivity index (χ3v) is 20.0. The first-order valence-electron chi connectivity index (χ1n) is 33.2. The number of nitrogens with one attached hydrogen (secondary N) is 3. The van der Waals surface area contributed by atoms with Crippen LogP contribution in [0.15, 0.2) is 42.5 Å². The van der Waals surface area contributed by atoms with E-state index in [9.17, 15) is 61.1 Å². The molecular formula is C68H99Cl2F3N12O12. The molecular weight excluding hydrogens is 1300 g/mol. The molecule has 2 aromatic carbocycles. The monoisotopic (exact) mass is 1400 g/mol. The van der Waals surface area contributed by atoms with E-state index in [-0.39, 0.29) is 42.2 Å². The number of aryl methyl sites for hydroxylation is 1. The first-order chi connectivity index (χ1) is 45.4. The Morgan fingerprint density at radius 1 is 0.608 bits per heavy atom. The molecule has 1 aliphatic carbocycles. The molecule has 9 atom stereocenters. The Hall–Kier alpha value is -7.55. The van der Waals surface area contributed by atoms with E-state index < -0.39 is 174 Å². The number of amides is 12. The van der Waals surface area contributed by atoms with Crippen LogP contribution in [0.1, 0.15) is 129 Å². The third kappa shape index (κ3) is 21.2. The smallest absolute Gasteiger partial charge is 0.343 e. The van der Waals surface area contributed by atoms with Crippen molar-refractivity contribution in [3.8, 4) is 0 Å².